The Morgan fingerprint density at radius 1 is 0.793 bits per heavy atom. The first-order chi connectivity index (χ1) is 14.2. The molecule has 0 atom stereocenters. The minimum atomic E-state index is -0.136. The maximum Gasteiger partial charge on any atom is 0.196 e. The van der Waals surface area contributed by atoms with Gasteiger partial charge in [0.2, 0.25) is 0 Å². The molecule has 0 unspecified atom stereocenters. The minimum Gasteiger partial charge on any atom is -0.453 e. The van der Waals surface area contributed by atoms with E-state index in [-0.39, 0.29) is 10.9 Å². The number of aromatic nitrogens is 1. The van der Waals surface area contributed by atoms with E-state index in [0.717, 1.165) is 37.1 Å². The maximum atomic E-state index is 13.5. The fraction of sp³-hybridized carbons (Fsp3) is 0.167. The first-order valence-electron chi connectivity index (χ1n) is 9.90. The Labute approximate surface area is 165 Å². The molecule has 0 radical (unpaired) electrons. The average Bonchev–Trinajstić information content (AvgIpc) is 3.30. The number of rotatable bonds is 1. The molecule has 5 nitrogen and oxygen atoms in total. The average molecular weight is 382 g/mol. The van der Waals surface area contributed by atoms with E-state index >= 15 is 0 Å². The molecule has 0 aliphatic carbocycles. The van der Waals surface area contributed by atoms with Crippen LogP contribution in [0, 0.1) is 0 Å². The summed E-state index contributed by atoms with van der Waals surface area (Å²) in [5.41, 5.74) is 3.23. The number of hydrogen-bond acceptors (Lipinski definition) is 4. The minimum absolute atomic E-state index is 0.0967. The van der Waals surface area contributed by atoms with Gasteiger partial charge in [0.15, 0.2) is 22.0 Å². The van der Waals surface area contributed by atoms with Gasteiger partial charge in [0.05, 0.1) is 27.5 Å². The predicted molar refractivity (Wildman–Crippen MR) is 117 cm³/mol. The molecule has 0 saturated carbocycles. The first kappa shape index (κ1) is 16.4. The van der Waals surface area contributed by atoms with Gasteiger partial charge in [0, 0.05) is 29.9 Å². The van der Waals surface area contributed by atoms with Crippen molar-refractivity contribution in [2.75, 3.05) is 18.0 Å². The van der Waals surface area contributed by atoms with E-state index in [1.807, 2.05) is 30.3 Å². The lowest BCUT2D eigenvalue weighted by Gasteiger charge is -2.20. The Hall–Kier alpha value is -3.60. The molecule has 29 heavy (non-hydrogen) atoms. The lowest BCUT2D eigenvalue weighted by Crippen LogP contribution is -2.22. The van der Waals surface area contributed by atoms with E-state index in [1.165, 1.54) is 0 Å². The topological polar surface area (TPSA) is 66.3 Å². The van der Waals surface area contributed by atoms with E-state index in [4.69, 9.17) is 4.42 Å². The Bertz CT molecular complexity index is 1560. The van der Waals surface area contributed by atoms with Crippen LogP contribution in [-0.4, -0.2) is 18.1 Å². The summed E-state index contributed by atoms with van der Waals surface area (Å²) in [7, 11) is 0. The molecule has 1 aliphatic rings. The van der Waals surface area contributed by atoms with E-state index < -0.39 is 0 Å². The highest BCUT2D eigenvalue weighted by molar-refractivity contribution is 6.14. The lowest BCUT2D eigenvalue weighted by molar-refractivity contribution is 0.657. The van der Waals surface area contributed by atoms with Crippen LogP contribution in [0.5, 0.6) is 0 Å². The molecule has 1 aliphatic heterocycles. The SMILES string of the molecule is O=c1c2ccccc2c(=O)c2c1c(N1CCCC1)cc1oc3ccccc3[nH]c12. The number of para-hydroxylation sites is 2. The predicted octanol–water partition coefficient (Wildman–Crippen LogP) is 4.54. The molecule has 6 rings (SSSR count). The Morgan fingerprint density at radius 2 is 1.45 bits per heavy atom. The monoisotopic (exact) mass is 382 g/mol. The molecular weight excluding hydrogens is 364 g/mol. The third-order valence-electron chi connectivity index (χ3n) is 5.95. The second kappa shape index (κ2) is 5.95. The summed E-state index contributed by atoms with van der Waals surface area (Å²) in [6.45, 7) is 1.75. The van der Waals surface area contributed by atoms with Gasteiger partial charge in [-0.1, -0.05) is 36.4 Å². The summed E-state index contributed by atoms with van der Waals surface area (Å²) in [5.74, 6) is 0. The van der Waals surface area contributed by atoms with E-state index in [9.17, 15) is 9.59 Å². The third-order valence-corrected chi connectivity index (χ3v) is 5.95. The molecule has 2 heterocycles. The highest BCUT2D eigenvalue weighted by Crippen LogP contribution is 2.34. The van der Waals surface area contributed by atoms with Crippen LogP contribution in [0.25, 0.3) is 43.7 Å². The van der Waals surface area contributed by atoms with Crippen LogP contribution in [0.4, 0.5) is 5.69 Å². The molecule has 5 heteroatoms. The number of anilines is 1. The lowest BCUT2D eigenvalue weighted by atomic mass is 9.99. The van der Waals surface area contributed by atoms with Gasteiger partial charge in [-0.25, -0.2) is 0 Å². The third kappa shape index (κ3) is 2.27. The van der Waals surface area contributed by atoms with Crippen molar-refractivity contribution >= 4 is 49.4 Å². The maximum absolute atomic E-state index is 13.5. The second-order valence-corrected chi connectivity index (χ2v) is 7.64. The van der Waals surface area contributed by atoms with Crippen LogP contribution in [-0.2, 0) is 0 Å². The van der Waals surface area contributed by atoms with Crippen LogP contribution in [0.1, 0.15) is 12.8 Å². The summed E-state index contributed by atoms with van der Waals surface area (Å²) < 4.78 is 6.16. The molecule has 0 bridgehead atoms. The fourth-order valence-electron chi connectivity index (χ4n) is 4.57. The molecule has 5 aromatic rings. The zero-order valence-electron chi connectivity index (χ0n) is 15.7. The Balaban J connectivity index is 1.91. The number of fused-ring (bicyclic) bond motifs is 5. The Kier molecular flexibility index (Phi) is 3.36. The van der Waals surface area contributed by atoms with Crippen molar-refractivity contribution in [2.45, 2.75) is 12.8 Å². The van der Waals surface area contributed by atoms with Crippen LogP contribution in [0.15, 0.2) is 68.6 Å². The van der Waals surface area contributed by atoms with Gasteiger partial charge in [-0.15, -0.1) is 0 Å². The van der Waals surface area contributed by atoms with Crippen molar-refractivity contribution in [1.82, 2.24) is 4.98 Å². The molecule has 0 amide bonds. The molecule has 1 N–H and O–H groups in total. The standard InChI is InChI=1S/C24H18N2O3/c27-23-14-7-1-2-8-15(14)24(28)21-20(23)17(26-11-5-6-12-26)13-19-22(21)25-16-9-3-4-10-18(16)29-19/h1-4,7-10,13,25H,5-6,11-12H2. The molecular formula is C24H18N2O3. The number of nitrogens with zero attached hydrogens (tertiary/aromatic N) is 1. The van der Waals surface area contributed by atoms with Gasteiger partial charge in [-0.2, -0.15) is 0 Å². The molecule has 1 aromatic heterocycles. The fourth-order valence-corrected chi connectivity index (χ4v) is 4.57. The first-order valence-corrected chi connectivity index (χ1v) is 9.90. The van der Waals surface area contributed by atoms with Crippen molar-refractivity contribution in [2.24, 2.45) is 0 Å². The summed E-state index contributed by atoms with van der Waals surface area (Å²) in [5, 5.41) is 1.83. The van der Waals surface area contributed by atoms with Crippen LogP contribution < -0.4 is 15.8 Å². The van der Waals surface area contributed by atoms with E-state index in [2.05, 4.69) is 9.88 Å². The van der Waals surface area contributed by atoms with E-state index in [1.54, 1.807) is 24.3 Å². The van der Waals surface area contributed by atoms with Crippen LogP contribution >= 0.6 is 0 Å². The Morgan fingerprint density at radius 3 is 2.21 bits per heavy atom. The molecule has 0 spiro atoms. The normalized spacial score (nSPS) is 14.6. The van der Waals surface area contributed by atoms with Gasteiger partial charge in [0.1, 0.15) is 0 Å². The number of aromatic amines is 1. The zero-order valence-corrected chi connectivity index (χ0v) is 15.7. The number of H-pyrrole nitrogens is 1. The summed E-state index contributed by atoms with van der Waals surface area (Å²) >= 11 is 0. The van der Waals surface area contributed by atoms with Gasteiger partial charge in [-0.05, 0) is 25.0 Å². The summed E-state index contributed by atoms with van der Waals surface area (Å²) in [4.78, 5) is 32.6. The zero-order chi connectivity index (χ0) is 19.5. The van der Waals surface area contributed by atoms with E-state index in [0.29, 0.717) is 38.2 Å². The number of benzene rings is 4. The van der Waals surface area contributed by atoms with Gasteiger partial charge in [-0.3, -0.25) is 9.59 Å². The van der Waals surface area contributed by atoms with Crippen LogP contribution in [0.3, 0.4) is 0 Å². The quantitative estimate of drug-likeness (QED) is 0.341. The highest BCUT2D eigenvalue weighted by atomic mass is 16.3. The van der Waals surface area contributed by atoms with Crippen molar-refractivity contribution in [1.29, 1.82) is 0 Å². The molecule has 4 aromatic carbocycles. The largest absolute Gasteiger partial charge is 0.453 e. The smallest absolute Gasteiger partial charge is 0.196 e. The molecule has 1 fully saturated rings. The van der Waals surface area contributed by atoms with Gasteiger partial charge < -0.3 is 14.3 Å². The number of nitrogens with one attached hydrogen (secondary N) is 1. The van der Waals surface area contributed by atoms with Crippen molar-refractivity contribution < 1.29 is 4.42 Å². The molecule has 142 valence electrons. The highest BCUT2D eigenvalue weighted by Gasteiger charge is 2.23. The van der Waals surface area contributed by atoms with Crippen molar-refractivity contribution in [3.63, 3.8) is 0 Å². The molecule has 1 saturated heterocycles. The van der Waals surface area contributed by atoms with Gasteiger partial charge >= 0.3 is 0 Å². The van der Waals surface area contributed by atoms with Gasteiger partial charge in [0.25, 0.3) is 0 Å². The van der Waals surface area contributed by atoms with Crippen LogP contribution in [0.2, 0.25) is 0 Å². The number of hydrogen-bond donors (Lipinski definition) is 1. The van der Waals surface area contributed by atoms with Crippen molar-refractivity contribution in [3.8, 4) is 0 Å². The summed E-state index contributed by atoms with van der Waals surface area (Å²) in [6, 6.07) is 16.6. The van der Waals surface area contributed by atoms with Crippen molar-refractivity contribution in [3.05, 3.63) is 75.0 Å². The second-order valence-electron chi connectivity index (χ2n) is 7.64. The summed E-state index contributed by atoms with van der Waals surface area (Å²) in [6.07, 6.45) is 2.15.